The standard InChI is InChI=1S/C23H29N3O2/c27-20-10-6-9-19(17-20)25-13-15-26(16-14-25)23(28)21-11-4-5-12-22(21)24-18-7-2-1-3-8-18/h4-6,9-12,17-18,24,27H,1-3,7-8,13-16H2. The number of nitrogens with zero attached hydrogens (tertiary/aromatic N) is 2. The lowest BCUT2D eigenvalue weighted by molar-refractivity contribution is 0.0747. The minimum Gasteiger partial charge on any atom is -0.508 e. The van der Waals surface area contributed by atoms with E-state index in [4.69, 9.17) is 0 Å². The predicted molar refractivity (Wildman–Crippen MR) is 113 cm³/mol. The minimum absolute atomic E-state index is 0.106. The summed E-state index contributed by atoms with van der Waals surface area (Å²) in [4.78, 5) is 17.3. The molecule has 1 saturated carbocycles. The van der Waals surface area contributed by atoms with Gasteiger partial charge in [-0.25, -0.2) is 0 Å². The number of phenols is 1. The number of nitrogens with one attached hydrogen (secondary N) is 1. The molecule has 2 aliphatic rings. The first-order chi connectivity index (χ1) is 13.7. The number of anilines is 2. The maximum Gasteiger partial charge on any atom is 0.256 e. The summed E-state index contributed by atoms with van der Waals surface area (Å²) in [5.41, 5.74) is 2.75. The number of carbonyl (C=O) groups excluding carboxylic acids is 1. The number of para-hydroxylation sites is 1. The zero-order valence-electron chi connectivity index (χ0n) is 16.3. The summed E-state index contributed by atoms with van der Waals surface area (Å²) in [6, 6.07) is 15.7. The average molecular weight is 380 g/mol. The highest BCUT2D eigenvalue weighted by atomic mass is 16.3. The molecule has 0 aromatic heterocycles. The Hall–Kier alpha value is -2.69. The fourth-order valence-corrected chi connectivity index (χ4v) is 4.29. The van der Waals surface area contributed by atoms with Crippen LogP contribution >= 0.6 is 0 Å². The molecule has 2 N–H and O–H groups in total. The van der Waals surface area contributed by atoms with Crippen LogP contribution in [-0.2, 0) is 0 Å². The van der Waals surface area contributed by atoms with Crippen molar-refractivity contribution in [1.29, 1.82) is 0 Å². The molecule has 5 nitrogen and oxygen atoms in total. The van der Waals surface area contributed by atoms with Crippen molar-refractivity contribution in [3.05, 3.63) is 54.1 Å². The lowest BCUT2D eigenvalue weighted by Crippen LogP contribution is -2.49. The van der Waals surface area contributed by atoms with Gasteiger partial charge in [-0.3, -0.25) is 4.79 Å². The number of amides is 1. The molecular formula is C23H29N3O2. The van der Waals surface area contributed by atoms with Crippen molar-refractivity contribution in [1.82, 2.24) is 4.90 Å². The third-order valence-corrected chi connectivity index (χ3v) is 5.88. The van der Waals surface area contributed by atoms with Gasteiger partial charge in [0.25, 0.3) is 5.91 Å². The van der Waals surface area contributed by atoms with Crippen molar-refractivity contribution in [3.63, 3.8) is 0 Å². The molecule has 1 heterocycles. The molecular weight excluding hydrogens is 350 g/mol. The van der Waals surface area contributed by atoms with Gasteiger partial charge in [-0.2, -0.15) is 0 Å². The van der Waals surface area contributed by atoms with Gasteiger partial charge in [0.15, 0.2) is 0 Å². The molecule has 0 unspecified atom stereocenters. The molecule has 148 valence electrons. The van der Waals surface area contributed by atoms with Gasteiger partial charge >= 0.3 is 0 Å². The van der Waals surface area contributed by atoms with E-state index >= 15 is 0 Å². The molecule has 4 rings (SSSR count). The number of hydrogen-bond donors (Lipinski definition) is 2. The van der Waals surface area contributed by atoms with Crippen LogP contribution in [0.25, 0.3) is 0 Å². The Morgan fingerprint density at radius 1 is 0.929 bits per heavy atom. The Bertz CT molecular complexity index is 809. The van der Waals surface area contributed by atoms with Gasteiger partial charge in [0, 0.05) is 49.7 Å². The molecule has 0 radical (unpaired) electrons. The summed E-state index contributed by atoms with van der Waals surface area (Å²) in [5, 5.41) is 13.3. The van der Waals surface area contributed by atoms with E-state index in [1.54, 1.807) is 12.1 Å². The largest absolute Gasteiger partial charge is 0.508 e. The Morgan fingerprint density at radius 2 is 1.68 bits per heavy atom. The fraction of sp³-hybridized carbons (Fsp3) is 0.435. The monoisotopic (exact) mass is 379 g/mol. The lowest BCUT2D eigenvalue weighted by atomic mass is 9.95. The summed E-state index contributed by atoms with van der Waals surface area (Å²) >= 11 is 0. The molecule has 0 bridgehead atoms. The van der Waals surface area contributed by atoms with Crippen LogP contribution in [-0.4, -0.2) is 48.1 Å². The molecule has 28 heavy (non-hydrogen) atoms. The smallest absolute Gasteiger partial charge is 0.256 e. The molecule has 0 atom stereocenters. The van der Waals surface area contributed by atoms with Gasteiger partial charge in [0.2, 0.25) is 0 Å². The van der Waals surface area contributed by atoms with Crippen molar-refractivity contribution < 1.29 is 9.90 Å². The third kappa shape index (κ3) is 4.24. The second kappa shape index (κ2) is 8.55. The third-order valence-electron chi connectivity index (χ3n) is 5.88. The quantitative estimate of drug-likeness (QED) is 0.840. The normalized spacial score (nSPS) is 18.1. The molecule has 5 heteroatoms. The SMILES string of the molecule is O=C(c1ccccc1NC1CCCCC1)N1CCN(c2cccc(O)c2)CC1. The second-order valence-electron chi connectivity index (χ2n) is 7.82. The van der Waals surface area contributed by atoms with E-state index < -0.39 is 0 Å². The maximum atomic E-state index is 13.2. The second-order valence-corrected chi connectivity index (χ2v) is 7.82. The van der Waals surface area contributed by atoms with Crippen LogP contribution in [0.2, 0.25) is 0 Å². The first kappa shape index (κ1) is 18.7. The van der Waals surface area contributed by atoms with Crippen molar-refractivity contribution in [2.45, 2.75) is 38.1 Å². The van der Waals surface area contributed by atoms with E-state index in [-0.39, 0.29) is 11.7 Å². The summed E-state index contributed by atoms with van der Waals surface area (Å²) in [5.74, 6) is 0.383. The zero-order chi connectivity index (χ0) is 19.3. The van der Waals surface area contributed by atoms with E-state index in [1.165, 1.54) is 32.1 Å². The topological polar surface area (TPSA) is 55.8 Å². The van der Waals surface area contributed by atoms with Crippen LogP contribution in [0, 0.1) is 0 Å². The van der Waals surface area contributed by atoms with Crippen molar-refractivity contribution in [2.24, 2.45) is 0 Å². The fourth-order valence-electron chi connectivity index (χ4n) is 4.29. The van der Waals surface area contributed by atoms with Crippen LogP contribution in [0.5, 0.6) is 5.75 Å². The predicted octanol–water partition coefficient (Wildman–Crippen LogP) is 4.10. The number of piperazine rings is 1. The van der Waals surface area contributed by atoms with Crippen LogP contribution in [0.3, 0.4) is 0 Å². The molecule has 2 fully saturated rings. The first-order valence-electron chi connectivity index (χ1n) is 10.4. The van der Waals surface area contributed by atoms with E-state index in [0.29, 0.717) is 19.1 Å². The van der Waals surface area contributed by atoms with Crippen LogP contribution in [0.4, 0.5) is 11.4 Å². The molecule has 2 aromatic rings. The summed E-state index contributed by atoms with van der Waals surface area (Å²) < 4.78 is 0. The lowest BCUT2D eigenvalue weighted by Gasteiger charge is -2.36. The molecule has 1 aliphatic heterocycles. The average Bonchev–Trinajstić information content (AvgIpc) is 2.74. The zero-order valence-corrected chi connectivity index (χ0v) is 16.3. The van der Waals surface area contributed by atoms with Crippen molar-refractivity contribution >= 4 is 17.3 Å². The number of hydrogen-bond acceptors (Lipinski definition) is 4. The highest BCUT2D eigenvalue weighted by Crippen LogP contribution is 2.26. The van der Waals surface area contributed by atoms with Crippen molar-refractivity contribution in [3.8, 4) is 5.75 Å². The summed E-state index contributed by atoms with van der Waals surface area (Å²) in [6.45, 7) is 2.92. The molecule has 0 spiro atoms. The van der Waals surface area contributed by atoms with Crippen molar-refractivity contribution in [2.75, 3.05) is 36.4 Å². The number of rotatable bonds is 4. The Balaban J connectivity index is 1.41. The number of benzene rings is 2. The van der Waals surface area contributed by atoms with Gasteiger partial charge in [-0.05, 0) is 37.1 Å². The highest BCUT2D eigenvalue weighted by molar-refractivity contribution is 5.99. The number of phenolic OH excluding ortho intramolecular Hbond substituents is 1. The van der Waals surface area contributed by atoms with Gasteiger partial charge in [-0.1, -0.05) is 37.5 Å². The van der Waals surface area contributed by atoms with E-state index in [2.05, 4.69) is 10.2 Å². The number of carbonyl (C=O) groups is 1. The number of aromatic hydroxyl groups is 1. The Morgan fingerprint density at radius 3 is 2.43 bits per heavy atom. The maximum absolute atomic E-state index is 13.2. The van der Waals surface area contributed by atoms with Gasteiger partial charge < -0.3 is 20.2 Å². The Labute approximate surface area is 167 Å². The molecule has 1 amide bonds. The van der Waals surface area contributed by atoms with Crippen LogP contribution < -0.4 is 10.2 Å². The molecule has 2 aromatic carbocycles. The van der Waals surface area contributed by atoms with Crippen LogP contribution in [0.1, 0.15) is 42.5 Å². The first-order valence-corrected chi connectivity index (χ1v) is 10.4. The van der Waals surface area contributed by atoms with Gasteiger partial charge in [0.05, 0.1) is 5.56 Å². The summed E-state index contributed by atoms with van der Waals surface area (Å²) in [6.07, 6.45) is 6.23. The highest BCUT2D eigenvalue weighted by Gasteiger charge is 2.25. The minimum atomic E-state index is 0.106. The van der Waals surface area contributed by atoms with E-state index in [9.17, 15) is 9.90 Å². The molecule has 1 saturated heterocycles. The summed E-state index contributed by atoms with van der Waals surface area (Å²) in [7, 11) is 0. The van der Waals surface area contributed by atoms with E-state index in [0.717, 1.165) is 30.0 Å². The van der Waals surface area contributed by atoms with Gasteiger partial charge in [0.1, 0.15) is 5.75 Å². The van der Waals surface area contributed by atoms with Crippen LogP contribution in [0.15, 0.2) is 48.5 Å². The van der Waals surface area contributed by atoms with Gasteiger partial charge in [-0.15, -0.1) is 0 Å². The Kier molecular flexibility index (Phi) is 5.70. The molecule has 1 aliphatic carbocycles. The van der Waals surface area contributed by atoms with E-state index in [1.807, 2.05) is 41.3 Å².